The van der Waals surface area contributed by atoms with Crippen LogP contribution in [0, 0.1) is 29.1 Å². The van der Waals surface area contributed by atoms with Crippen LogP contribution >= 0.6 is 0 Å². The fourth-order valence-electron chi connectivity index (χ4n) is 11.0. The molecule has 1 saturated heterocycles. The summed E-state index contributed by atoms with van der Waals surface area (Å²) in [6.07, 6.45) is 9.87. The summed E-state index contributed by atoms with van der Waals surface area (Å²) in [6.45, 7) is -0.103. The Morgan fingerprint density at radius 1 is 0.945 bits per heavy atom. The van der Waals surface area contributed by atoms with Crippen molar-refractivity contribution in [2.45, 2.75) is 120 Å². The number of ether oxygens (including phenoxy) is 1. The zero-order valence-electron chi connectivity index (χ0n) is 30.8. The highest BCUT2D eigenvalue weighted by Crippen LogP contribution is 2.65. The third-order valence-corrected chi connectivity index (χ3v) is 13.7. The van der Waals surface area contributed by atoms with E-state index in [1.807, 2.05) is 29.3 Å². The van der Waals surface area contributed by atoms with E-state index in [0.29, 0.717) is 33.9 Å². The molecule has 5 aliphatic carbocycles. The molecule has 0 radical (unpaired) electrons. The first-order valence-corrected chi connectivity index (χ1v) is 20.1. The predicted molar refractivity (Wildman–Crippen MR) is 193 cm³/mol. The Morgan fingerprint density at radius 3 is 2.27 bits per heavy atom. The second-order valence-corrected chi connectivity index (χ2v) is 17.9. The second-order valence-electron chi connectivity index (χ2n) is 17.9. The van der Waals surface area contributed by atoms with Crippen LogP contribution in [0.4, 0.5) is 22.0 Å². The SMILES string of the molecule is O=C(O)CC1CC2CC(CNC(=O)c3cnc(-c4cn(C5CC6(CC6)C5)c5cc(OC6CCC(N7CC(F)(F)C7)CC6)ccc45)nc3C(F)(F)F)CC(C1)C2. The summed E-state index contributed by atoms with van der Waals surface area (Å²) in [5.41, 5.74) is -0.220. The van der Waals surface area contributed by atoms with Gasteiger partial charge in [-0.15, -0.1) is 0 Å². The number of nitrogens with zero attached hydrogens (tertiary/aromatic N) is 4. The van der Waals surface area contributed by atoms with Gasteiger partial charge in [-0.05, 0) is 125 Å². The van der Waals surface area contributed by atoms with Crippen molar-refractivity contribution in [3.8, 4) is 17.1 Å². The number of carboxylic acid groups (broad SMARTS) is 1. The van der Waals surface area contributed by atoms with Crippen molar-refractivity contribution >= 4 is 22.8 Å². The lowest BCUT2D eigenvalue weighted by Crippen LogP contribution is -2.60. The number of aromatic nitrogens is 3. The predicted octanol–water partition coefficient (Wildman–Crippen LogP) is 8.52. The molecule has 1 amide bonds. The van der Waals surface area contributed by atoms with Gasteiger partial charge in [0.15, 0.2) is 11.5 Å². The van der Waals surface area contributed by atoms with Crippen LogP contribution < -0.4 is 10.1 Å². The number of likely N-dealkylation sites (tertiary alicyclic amines) is 1. The van der Waals surface area contributed by atoms with Crippen molar-refractivity contribution in [3.05, 3.63) is 41.9 Å². The Kier molecular flexibility index (Phi) is 9.16. The molecule has 2 aromatic heterocycles. The number of rotatable bonds is 10. The van der Waals surface area contributed by atoms with Crippen LogP contribution in [0.25, 0.3) is 22.3 Å². The quantitative estimate of drug-likeness (QED) is 0.199. The lowest BCUT2D eigenvalue weighted by molar-refractivity contribution is -0.151. The highest BCUT2D eigenvalue weighted by molar-refractivity contribution is 5.97. The number of carbonyl (C=O) groups is 2. The van der Waals surface area contributed by atoms with E-state index < -0.39 is 35.2 Å². The molecule has 3 aromatic rings. The Balaban J connectivity index is 0.919. The molecule has 9 rings (SSSR count). The molecule has 3 heterocycles. The molecule has 6 fully saturated rings. The lowest BCUT2D eigenvalue weighted by atomic mass is 9.64. The highest BCUT2D eigenvalue weighted by atomic mass is 19.4. The molecule has 2 unspecified atom stereocenters. The van der Waals surface area contributed by atoms with Gasteiger partial charge < -0.3 is 19.7 Å². The summed E-state index contributed by atoms with van der Waals surface area (Å²) in [5.74, 6) is -2.68. The number of benzene rings is 1. The largest absolute Gasteiger partial charge is 0.490 e. The first kappa shape index (κ1) is 36.8. The summed E-state index contributed by atoms with van der Waals surface area (Å²) in [6, 6.07) is 5.94. The maximum Gasteiger partial charge on any atom is 0.434 e. The number of halogens is 5. The number of alkyl halides is 5. The van der Waals surface area contributed by atoms with E-state index >= 15 is 0 Å². The van der Waals surface area contributed by atoms with Gasteiger partial charge in [-0.25, -0.2) is 18.7 Å². The molecule has 296 valence electrons. The molecule has 9 nitrogen and oxygen atoms in total. The fraction of sp³-hybridized carbons (Fsp3) is 0.659. The van der Waals surface area contributed by atoms with E-state index in [1.54, 1.807) is 0 Å². The molecule has 55 heavy (non-hydrogen) atoms. The number of carbonyl (C=O) groups excluding carboxylic acids is 1. The van der Waals surface area contributed by atoms with E-state index in [0.717, 1.165) is 82.3 Å². The number of fused-ring (bicyclic) bond motifs is 3. The Morgan fingerprint density at radius 2 is 1.64 bits per heavy atom. The van der Waals surface area contributed by atoms with Gasteiger partial charge in [-0.3, -0.25) is 14.5 Å². The summed E-state index contributed by atoms with van der Waals surface area (Å²) < 4.78 is 79.3. The van der Waals surface area contributed by atoms with Gasteiger partial charge >= 0.3 is 12.1 Å². The van der Waals surface area contributed by atoms with Crippen LogP contribution in [0.1, 0.15) is 112 Å². The molecule has 1 spiro atoms. The standard InChI is InChI=1S/C41H48F5N5O4/c42-40(43)21-50(22-40)27-1-3-29(4-2-27)55-30-5-6-31-33(20-51(34(31)15-30)28-16-39(17-28)7-8-39)37-47-19-32(36(49-37)41(44,45)46)38(54)48-18-26-12-23-9-24(13-26)11-25(10-23)14-35(52)53/h5-6,15,19-20,23-29H,1-4,7-14,16-18,21-22H2,(H,48,54)(H,52,53). The molecular weight excluding hydrogens is 721 g/mol. The Hall–Kier alpha value is -3.81. The summed E-state index contributed by atoms with van der Waals surface area (Å²) >= 11 is 0. The molecule has 1 aliphatic heterocycles. The number of aliphatic carboxylic acids is 1. The van der Waals surface area contributed by atoms with Gasteiger partial charge in [-0.2, -0.15) is 13.2 Å². The smallest absolute Gasteiger partial charge is 0.434 e. The van der Waals surface area contributed by atoms with E-state index in [1.165, 1.54) is 12.8 Å². The summed E-state index contributed by atoms with van der Waals surface area (Å²) in [4.78, 5) is 34.8. The average molecular weight is 770 g/mol. The zero-order valence-corrected chi connectivity index (χ0v) is 30.8. The molecule has 14 heteroatoms. The van der Waals surface area contributed by atoms with Crippen molar-refractivity contribution in [2.75, 3.05) is 19.6 Å². The molecule has 1 aromatic carbocycles. The van der Waals surface area contributed by atoms with Gasteiger partial charge in [-0.1, -0.05) is 0 Å². The van der Waals surface area contributed by atoms with Crippen LogP contribution in [0.3, 0.4) is 0 Å². The average Bonchev–Trinajstić information content (AvgIpc) is 3.83. The monoisotopic (exact) mass is 769 g/mol. The third-order valence-electron chi connectivity index (χ3n) is 13.7. The first-order chi connectivity index (χ1) is 26.2. The molecule has 5 saturated carbocycles. The van der Waals surface area contributed by atoms with Crippen molar-refractivity contribution in [3.63, 3.8) is 0 Å². The molecule has 6 aliphatic rings. The van der Waals surface area contributed by atoms with E-state index in [9.17, 15) is 36.6 Å². The van der Waals surface area contributed by atoms with Crippen molar-refractivity contribution < 1.29 is 41.4 Å². The molecule has 2 bridgehead atoms. The van der Waals surface area contributed by atoms with Crippen molar-refractivity contribution in [2.24, 2.45) is 29.1 Å². The topological polar surface area (TPSA) is 110 Å². The number of amides is 1. The van der Waals surface area contributed by atoms with Crippen LogP contribution in [0.2, 0.25) is 0 Å². The van der Waals surface area contributed by atoms with E-state index in [2.05, 4.69) is 19.9 Å². The fourth-order valence-corrected chi connectivity index (χ4v) is 11.0. The van der Waals surface area contributed by atoms with E-state index in [-0.39, 0.29) is 61.9 Å². The van der Waals surface area contributed by atoms with Crippen molar-refractivity contribution in [1.82, 2.24) is 24.8 Å². The molecular formula is C41H48F5N5O4. The number of carboxylic acids is 1. The minimum Gasteiger partial charge on any atom is -0.490 e. The van der Waals surface area contributed by atoms with Gasteiger partial charge in [0.25, 0.3) is 11.8 Å². The van der Waals surface area contributed by atoms with Crippen LogP contribution in [-0.4, -0.2) is 74.1 Å². The Bertz CT molecular complexity index is 1940. The maximum atomic E-state index is 14.6. The Labute approximate surface area is 316 Å². The summed E-state index contributed by atoms with van der Waals surface area (Å²) in [7, 11) is 0. The minimum absolute atomic E-state index is 0.0536. The van der Waals surface area contributed by atoms with Crippen LogP contribution in [-0.2, 0) is 11.0 Å². The van der Waals surface area contributed by atoms with Gasteiger partial charge in [0.2, 0.25) is 0 Å². The highest BCUT2D eigenvalue weighted by Gasteiger charge is 2.54. The minimum atomic E-state index is -4.90. The second kappa shape index (κ2) is 13.7. The number of hydrogen-bond donors (Lipinski definition) is 2. The van der Waals surface area contributed by atoms with Crippen LogP contribution in [0.15, 0.2) is 30.6 Å². The van der Waals surface area contributed by atoms with Gasteiger partial charge in [0.1, 0.15) is 5.75 Å². The normalized spacial score (nSPS) is 30.1. The third kappa shape index (κ3) is 7.56. The summed E-state index contributed by atoms with van der Waals surface area (Å²) in [5, 5.41) is 12.7. The number of nitrogens with one attached hydrogen (secondary N) is 1. The van der Waals surface area contributed by atoms with Gasteiger partial charge in [0, 0.05) is 54.5 Å². The zero-order chi connectivity index (χ0) is 38.3. The number of hydrogen-bond acceptors (Lipinski definition) is 6. The maximum absolute atomic E-state index is 14.6. The van der Waals surface area contributed by atoms with Crippen molar-refractivity contribution in [1.29, 1.82) is 0 Å². The van der Waals surface area contributed by atoms with Gasteiger partial charge in [0.05, 0.1) is 30.3 Å². The first-order valence-electron chi connectivity index (χ1n) is 20.1. The van der Waals surface area contributed by atoms with Crippen LogP contribution in [0.5, 0.6) is 5.75 Å². The lowest BCUT2D eigenvalue weighted by Gasteiger charge is -2.46. The molecule has 2 atom stereocenters. The van der Waals surface area contributed by atoms with E-state index in [4.69, 9.17) is 4.74 Å². The molecule has 2 N–H and O–H groups in total.